The van der Waals surface area contributed by atoms with E-state index in [-0.39, 0.29) is 12.6 Å². The quantitative estimate of drug-likeness (QED) is 0.549. The van der Waals surface area contributed by atoms with E-state index < -0.39 is 8.15 Å². The first-order valence-corrected chi connectivity index (χ1v) is 12.2. The molecule has 1 fully saturated rings. The average molecular weight is 428 g/mol. The Hall–Kier alpha value is -2.08. The lowest BCUT2D eigenvalue weighted by atomic mass is 10.1. The van der Waals surface area contributed by atoms with Gasteiger partial charge in [0.2, 0.25) is 0 Å². The van der Waals surface area contributed by atoms with Crippen molar-refractivity contribution >= 4 is 30.5 Å². The molecule has 30 heavy (non-hydrogen) atoms. The van der Waals surface area contributed by atoms with Crippen molar-refractivity contribution in [2.75, 3.05) is 25.7 Å². The average Bonchev–Trinajstić information content (AvgIpc) is 3.38. The predicted octanol–water partition coefficient (Wildman–Crippen LogP) is 4.03. The van der Waals surface area contributed by atoms with Gasteiger partial charge >= 0.3 is 0 Å². The molecule has 3 aromatic rings. The van der Waals surface area contributed by atoms with Gasteiger partial charge in [-0.2, -0.15) is 0 Å². The van der Waals surface area contributed by atoms with Crippen LogP contribution >= 0.6 is 8.15 Å². The fourth-order valence-corrected chi connectivity index (χ4v) is 4.75. The highest BCUT2D eigenvalue weighted by Crippen LogP contribution is 2.37. The van der Waals surface area contributed by atoms with E-state index in [2.05, 4.69) is 23.3 Å². The molecule has 0 amide bonds. The first-order valence-electron chi connectivity index (χ1n) is 10.4. The van der Waals surface area contributed by atoms with Crippen molar-refractivity contribution < 1.29 is 14.0 Å². The van der Waals surface area contributed by atoms with Crippen molar-refractivity contribution in [3.8, 4) is 11.3 Å². The van der Waals surface area contributed by atoms with Crippen LogP contribution in [0.25, 0.3) is 22.3 Å². The van der Waals surface area contributed by atoms with Gasteiger partial charge in [-0.15, -0.1) is 0 Å². The zero-order chi connectivity index (χ0) is 21.3. The van der Waals surface area contributed by atoms with Crippen LogP contribution in [0.4, 0.5) is 5.82 Å². The Kier molecular flexibility index (Phi) is 6.32. The normalized spacial score (nSPS) is 20.0. The largest absolute Gasteiger partial charge is 0.454 e. The highest BCUT2D eigenvalue weighted by atomic mass is 31.1. The first kappa shape index (κ1) is 21.2. The number of hydrogen-bond acceptors (Lipinski definition) is 7. The lowest BCUT2D eigenvalue weighted by molar-refractivity contribution is 0.229. The summed E-state index contributed by atoms with van der Waals surface area (Å²) in [5, 5.41) is 14.2. The van der Waals surface area contributed by atoms with Crippen molar-refractivity contribution in [3.05, 3.63) is 29.7 Å². The molecule has 3 aromatic heterocycles. The number of nitrogens with one attached hydrogen (secondary N) is 1. The minimum atomic E-state index is -0.886. The van der Waals surface area contributed by atoms with Gasteiger partial charge in [0.25, 0.3) is 0 Å². The van der Waals surface area contributed by atoms with Crippen LogP contribution < -0.4 is 10.9 Å². The van der Waals surface area contributed by atoms with Crippen molar-refractivity contribution in [2.24, 2.45) is 5.92 Å². The topological polar surface area (TPSA) is 93.3 Å². The van der Waals surface area contributed by atoms with Crippen molar-refractivity contribution in [2.45, 2.75) is 45.6 Å². The highest BCUT2D eigenvalue weighted by molar-refractivity contribution is 7.59. The van der Waals surface area contributed by atoms with Gasteiger partial charge in [0.05, 0.1) is 25.6 Å². The smallest absolute Gasteiger partial charge is 0.180 e. The lowest BCUT2D eigenvalue weighted by Gasteiger charge is -2.19. The second-order valence-corrected chi connectivity index (χ2v) is 9.65. The maximum atomic E-state index is 9.51. The molecule has 3 unspecified atom stereocenters. The Labute approximate surface area is 178 Å². The number of fused-ring (bicyclic) bond motifs is 1. The van der Waals surface area contributed by atoms with Crippen molar-refractivity contribution in [3.63, 3.8) is 0 Å². The number of aryl methyl sites for hydroxylation is 2. The molecule has 1 saturated carbocycles. The molecule has 7 nitrogen and oxygen atoms in total. The van der Waals surface area contributed by atoms with Crippen LogP contribution in [0.5, 0.6) is 0 Å². The maximum absolute atomic E-state index is 9.51. The van der Waals surface area contributed by atoms with Crippen LogP contribution in [0, 0.1) is 12.8 Å². The van der Waals surface area contributed by atoms with Crippen LogP contribution in [0.15, 0.2) is 22.7 Å². The Morgan fingerprint density at radius 2 is 2.13 bits per heavy atom. The molecule has 3 atom stereocenters. The maximum Gasteiger partial charge on any atom is 0.180 e. The first-order chi connectivity index (χ1) is 14.5. The fraction of sp³-hybridized carbons (Fsp3) is 0.500. The number of nitrogens with zero attached hydrogens (tertiary/aromatic N) is 3. The SMILES string of the molecule is CCc1cc2cc(-c3c(C)nc(P(C)OC)nc3NC3CCC(CO)C3)oc2cn1. The molecule has 160 valence electrons. The third-order valence-electron chi connectivity index (χ3n) is 5.84. The van der Waals surface area contributed by atoms with E-state index in [4.69, 9.17) is 18.9 Å². The van der Waals surface area contributed by atoms with Gasteiger partial charge < -0.3 is 19.4 Å². The third-order valence-corrected chi connectivity index (χ3v) is 7.15. The van der Waals surface area contributed by atoms with Crippen LogP contribution in [-0.4, -0.2) is 46.5 Å². The molecule has 0 aromatic carbocycles. The minimum Gasteiger partial charge on any atom is -0.454 e. The number of hydrogen-bond donors (Lipinski definition) is 2. The van der Waals surface area contributed by atoms with Crippen LogP contribution in [0.3, 0.4) is 0 Å². The monoisotopic (exact) mass is 428 g/mol. The van der Waals surface area contributed by atoms with E-state index >= 15 is 0 Å². The summed E-state index contributed by atoms with van der Waals surface area (Å²) >= 11 is 0. The molecule has 0 spiro atoms. The van der Waals surface area contributed by atoms with E-state index in [0.29, 0.717) is 11.5 Å². The zero-order valence-corrected chi connectivity index (χ0v) is 18.9. The molecule has 2 N–H and O–H groups in total. The van der Waals surface area contributed by atoms with Crippen LogP contribution in [-0.2, 0) is 10.9 Å². The number of rotatable bonds is 7. The summed E-state index contributed by atoms with van der Waals surface area (Å²) in [6, 6.07) is 4.38. The van der Waals surface area contributed by atoms with E-state index in [1.165, 1.54) is 0 Å². The Morgan fingerprint density at radius 3 is 2.83 bits per heavy atom. The Bertz CT molecular complexity index is 1040. The summed E-state index contributed by atoms with van der Waals surface area (Å²) in [6.45, 7) is 6.32. The molecule has 8 heteroatoms. The number of aliphatic hydroxyl groups is 1. The molecule has 1 aliphatic rings. The summed E-state index contributed by atoms with van der Waals surface area (Å²) < 4.78 is 11.7. The molecule has 0 aliphatic heterocycles. The molecular formula is C22H29N4O3P. The van der Waals surface area contributed by atoms with Gasteiger partial charge in [-0.25, -0.2) is 9.97 Å². The molecule has 1 aliphatic carbocycles. The molecule has 0 saturated heterocycles. The highest BCUT2D eigenvalue weighted by Gasteiger charge is 2.27. The summed E-state index contributed by atoms with van der Waals surface area (Å²) in [5.41, 5.74) is 4.23. The predicted molar refractivity (Wildman–Crippen MR) is 120 cm³/mol. The summed E-state index contributed by atoms with van der Waals surface area (Å²) in [7, 11) is 0.800. The van der Waals surface area contributed by atoms with Crippen molar-refractivity contribution in [1.29, 1.82) is 0 Å². The molecule has 0 radical (unpaired) electrons. The van der Waals surface area contributed by atoms with E-state index in [0.717, 1.165) is 65.2 Å². The second kappa shape index (κ2) is 8.96. The van der Waals surface area contributed by atoms with Gasteiger partial charge in [-0.05, 0) is 57.3 Å². The van der Waals surface area contributed by atoms with E-state index in [1.54, 1.807) is 13.3 Å². The molecule has 4 rings (SSSR count). The Morgan fingerprint density at radius 1 is 1.30 bits per heavy atom. The summed E-state index contributed by atoms with van der Waals surface area (Å²) in [5.74, 6) is 1.86. The van der Waals surface area contributed by atoms with Crippen molar-refractivity contribution in [1.82, 2.24) is 15.0 Å². The standard InChI is InChI=1S/C22H29N4O3P/c1-5-16-9-15-10-18(29-19(15)11-23-16)20-13(2)24-22(30(4)28-3)26-21(20)25-17-7-6-14(8-17)12-27/h9-11,14,17,27H,5-8,12H2,1-4H3,(H,24,25,26). The van der Waals surface area contributed by atoms with Crippen LogP contribution in [0.1, 0.15) is 37.6 Å². The van der Waals surface area contributed by atoms with Gasteiger partial charge in [-0.1, -0.05) is 6.92 Å². The minimum absolute atomic E-state index is 0.235. The van der Waals surface area contributed by atoms with E-state index in [9.17, 15) is 5.11 Å². The lowest BCUT2D eigenvalue weighted by Crippen LogP contribution is -2.22. The van der Waals surface area contributed by atoms with Gasteiger partial charge in [-0.3, -0.25) is 4.98 Å². The van der Waals surface area contributed by atoms with Gasteiger partial charge in [0.15, 0.2) is 11.1 Å². The number of anilines is 1. The second-order valence-electron chi connectivity index (χ2n) is 7.89. The summed E-state index contributed by atoms with van der Waals surface area (Å²) in [4.78, 5) is 14.0. The fourth-order valence-electron chi connectivity index (χ4n) is 4.05. The molecule has 3 heterocycles. The number of pyridine rings is 1. The summed E-state index contributed by atoms with van der Waals surface area (Å²) in [6.07, 6.45) is 5.63. The van der Waals surface area contributed by atoms with Gasteiger partial charge in [0.1, 0.15) is 11.6 Å². The Balaban J connectivity index is 1.77. The number of furan rings is 1. The van der Waals surface area contributed by atoms with E-state index in [1.807, 2.05) is 19.7 Å². The van der Waals surface area contributed by atoms with Gasteiger partial charge in [0, 0.05) is 30.8 Å². The third kappa shape index (κ3) is 4.20. The molecular weight excluding hydrogens is 399 g/mol. The number of aromatic nitrogens is 3. The van der Waals surface area contributed by atoms with Crippen LogP contribution in [0.2, 0.25) is 0 Å². The number of aliphatic hydroxyl groups excluding tert-OH is 1. The zero-order valence-electron chi connectivity index (χ0n) is 18.0. The molecule has 0 bridgehead atoms.